The average Bonchev–Trinajstić information content (AvgIpc) is 3.02. The summed E-state index contributed by atoms with van der Waals surface area (Å²) in [6.45, 7) is 5.64. The number of methoxy groups -OCH3 is 1. The molecular formula is C19H26N2O4S. The standard InChI is InChI=1S/C19H26N2O4S/c1-11(2)8-15(18(23)21-14(10-22)19(24)25-4)26-16-9-20-13-7-5-6-12(3)17(13)16/h5-7,9,11,14-15,20,22H,8,10H2,1-4H3,(H,21,23)/t14-,15+/m0/s1. The molecule has 1 aromatic heterocycles. The number of aromatic amines is 1. The minimum absolute atomic E-state index is 0.281. The number of aliphatic hydroxyl groups excluding tert-OH is 1. The van der Waals surface area contributed by atoms with Crippen LogP contribution < -0.4 is 5.32 Å². The predicted octanol–water partition coefficient (Wildman–Crippen LogP) is 2.63. The van der Waals surface area contributed by atoms with Crippen LogP contribution in [-0.4, -0.2) is 47.0 Å². The second-order valence-corrected chi connectivity index (χ2v) is 7.90. The fourth-order valence-electron chi connectivity index (χ4n) is 2.80. The Kier molecular flexibility index (Phi) is 7.11. The summed E-state index contributed by atoms with van der Waals surface area (Å²) in [6, 6.07) is 4.98. The first-order chi connectivity index (χ1) is 12.4. The van der Waals surface area contributed by atoms with Gasteiger partial charge in [-0.3, -0.25) is 4.79 Å². The highest BCUT2D eigenvalue weighted by molar-refractivity contribution is 8.00. The summed E-state index contributed by atoms with van der Waals surface area (Å²) in [5.41, 5.74) is 2.16. The minimum atomic E-state index is -1.05. The molecule has 6 nitrogen and oxygen atoms in total. The number of aryl methyl sites for hydroxylation is 1. The fraction of sp³-hybridized carbons (Fsp3) is 0.474. The Balaban J connectivity index is 2.23. The van der Waals surface area contributed by atoms with Crippen LogP contribution in [0.4, 0.5) is 0 Å². The highest BCUT2D eigenvalue weighted by atomic mass is 32.2. The van der Waals surface area contributed by atoms with Gasteiger partial charge in [-0.05, 0) is 30.9 Å². The highest BCUT2D eigenvalue weighted by Crippen LogP contribution is 2.35. The van der Waals surface area contributed by atoms with Crippen LogP contribution in [0, 0.1) is 12.8 Å². The van der Waals surface area contributed by atoms with E-state index in [2.05, 4.69) is 15.0 Å². The van der Waals surface area contributed by atoms with Gasteiger partial charge in [0.1, 0.15) is 0 Å². The lowest BCUT2D eigenvalue weighted by Crippen LogP contribution is -2.47. The Labute approximate surface area is 157 Å². The third kappa shape index (κ3) is 4.80. The monoisotopic (exact) mass is 378 g/mol. The van der Waals surface area contributed by atoms with Crippen molar-refractivity contribution in [3.63, 3.8) is 0 Å². The van der Waals surface area contributed by atoms with E-state index < -0.39 is 18.6 Å². The van der Waals surface area contributed by atoms with Crippen LogP contribution in [0.2, 0.25) is 0 Å². The van der Waals surface area contributed by atoms with Gasteiger partial charge in [0.15, 0.2) is 6.04 Å². The number of carbonyl (C=O) groups excluding carboxylic acids is 2. The summed E-state index contributed by atoms with van der Waals surface area (Å²) in [5.74, 6) is -0.636. The quantitative estimate of drug-likeness (QED) is 0.485. The average molecular weight is 378 g/mol. The van der Waals surface area contributed by atoms with Gasteiger partial charge in [0, 0.05) is 22.0 Å². The van der Waals surface area contributed by atoms with E-state index in [1.807, 2.05) is 45.2 Å². The molecule has 0 aliphatic rings. The molecule has 1 heterocycles. The lowest BCUT2D eigenvalue weighted by molar-refractivity contribution is -0.146. The van der Waals surface area contributed by atoms with Crippen LogP contribution in [0.15, 0.2) is 29.3 Å². The Bertz CT molecular complexity index is 772. The lowest BCUT2D eigenvalue weighted by atomic mass is 10.1. The van der Waals surface area contributed by atoms with E-state index in [-0.39, 0.29) is 11.2 Å². The second-order valence-electron chi connectivity index (χ2n) is 6.65. The van der Waals surface area contributed by atoms with Gasteiger partial charge in [-0.1, -0.05) is 26.0 Å². The number of rotatable bonds is 8. The number of carbonyl (C=O) groups is 2. The molecule has 3 N–H and O–H groups in total. The van der Waals surface area contributed by atoms with Crippen LogP contribution in [0.5, 0.6) is 0 Å². The van der Waals surface area contributed by atoms with Gasteiger partial charge in [-0.15, -0.1) is 11.8 Å². The topological polar surface area (TPSA) is 91.4 Å². The van der Waals surface area contributed by atoms with Gasteiger partial charge >= 0.3 is 5.97 Å². The largest absolute Gasteiger partial charge is 0.467 e. The van der Waals surface area contributed by atoms with Gasteiger partial charge < -0.3 is 20.1 Å². The van der Waals surface area contributed by atoms with Gasteiger partial charge in [0.05, 0.1) is 19.0 Å². The first kappa shape index (κ1) is 20.3. The van der Waals surface area contributed by atoms with Crippen molar-refractivity contribution in [1.82, 2.24) is 10.3 Å². The third-order valence-corrected chi connectivity index (χ3v) is 5.38. The van der Waals surface area contributed by atoms with Crippen molar-refractivity contribution >= 4 is 34.5 Å². The molecule has 2 atom stereocenters. The smallest absolute Gasteiger partial charge is 0.330 e. The van der Waals surface area contributed by atoms with E-state index in [1.165, 1.54) is 18.9 Å². The van der Waals surface area contributed by atoms with Gasteiger partial charge in [0.2, 0.25) is 5.91 Å². The van der Waals surface area contributed by atoms with Crippen molar-refractivity contribution in [2.45, 2.75) is 43.4 Å². The molecule has 2 aromatic rings. The number of aliphatic hydroxyl groups is 1. The van der Waals surface area contributed by atoms with Crippen LogP contribution in [-0.2, 0) is 14.3 Å². The maximum absolute atomic E-state index is 12.8. The van der Waals surface area contributed by atoms with Crippen LogP contribution in [0.3, 0.4) is 0 Å². The molecular weight excluding hydrogens is 352 g/mol. The number of thioether (sulfide) groups is 1. The summed E-state index contributed by atoms with van der Waals surface area (Å²) < 4.78 is 4.62. The van der Waals surface area contributed by atoms with E-state index in [4.69, 9.17) is 0 Å². The SMILES string of the molecule is COC(=O)[C@H](CO)NC(=O)[C@@H](CC(C)C)Sc1c[nH]c2cccc(C)c12. The number of benzene rings is 1. The molecule has 0 fully saturated rings. The molecule has 0 aliphatic carbocycles. The third-order valence-electron chi connectivity index (χ3n) is 4.11. The number of hydrogen-bond acceptors (Lipinski definition) is 5. The summed E-state index contributed by atoms with van der Waals surface area (Å²) in [7, 11) is 1.23. The molecule has 7 heteroatoms. The first-order valence-electron chi connectivity index (χ1n) is 8.59. The van der Waals surface area contributed by atoms with Crippen molar-refractivity contribution in [1.29, 1.82) is 0 Å². The molecule has 26 heavy (non-hydrogen) atoms. The highest BCUT2D eigenvalue weighted by Gasteiger charge is 2.27. The summed E-state index contributed by atoms with van der Waals surface area (Å²) >= 11 is 1.47. The molecule has 1 aromatic carbocycles. The van der Waals surface area contributed by atoms with Crippen LogP contribution in [0.1, 0.15) is 25.8 Å². The molecule has 0 saturated carbocycles. The maximum atomic E-state index is 12.8. The Morgan fingerprint density at radius 3 is 2.69 bits per heavy atom. The Morgan fingerprint density at radius 1 is 1.35 bits per heavy atom. The number of hydrogen-bond donors (Lipinski definition) is 3. The maximum Gasteiger partial charge on any atom is 0.330 e. The number of nitrogens with one attached hydrogen (secondary N) is 2. The summed E-state index contributed by atoms with van der Waals surface area (Å²) in [4.78, 5) is 28.6. The van der Waals surface area contributed by atoms with E-state index in [0.29, 0.717) is 12.3 Å². The molecule has 0 unspecified atom stereocenters. The zero-order chi connectivity index (χ0) is 19.3. The number of ether oxygens (including phenoxy) is 1. The molecule has 0 aliphatic heterocycles. The van der Waals surface area contributed by atoms with Crippen molar-refractivity contribution in [2.75, 3.05) is 13.7 Å². The predicted molar refractivity (Wildman–Crippen MR) is 103 cm³/mol. The second kappa shape index (κ2) is 9.09. The molecule has 1 amide bonds. The molecule has 2 rings (SSSR count). The molecule has 142 valence electrons. The normalized spacial score (nSPS) is 13.6. The molecule has 0 spiro atoms. The Hall–Kier alpha value is -1.99. The number of esters is 1. The van der Waals surface area contributed by atoms with E-state index >= 15 is 0 Å². The summed E-state index contributed by atoms with van der Waals surface area (Å²) in [5, 5.41) is 12.7. The van der Waals surface area contributed by atoms with E-state index in [0.717, 1.165) is 21.4 Å². The van der Waals surface area contributed by atoms with Crippen molar-refractivity contribution in [2.24, 2.45) is 5.92 Å². The van der Waals surface area contributed by atoms with E-state index in [1.54, 1.807) is 0 Å². The van der Waals surface area contributed by atoms with Gasteiger partial charge in [-0.25, -0.2) is 4.79 Å². The Morgan fingerprint density at radius 2 is 2.08 bits per heavy atom. The summed E-state index contributed by atoms with van der Waals surface area (Å²) in [6.07, 6.45) is 2.56. The fourth-order valence-corrected chi connectivity index (χ4v) is 4.28. The van der Waals surface area contributed by atoms with Crippen molar-refractivity contribution in [3.05, 3.63) is 30.0 Å². The van der Waals surface area contributed by atoms with E-state index in [9.17, 15) is 14.7 Å². The van der Waals surface area contributed by atoms with Crippen LogP contribution >= 0.6 is 11.8 Å². The zero-order valence-electron chi connectivity index (χ0n) is 15.5. The van der Waals surface area contributed by atoms with Crippen LogP contribution in [0.25, 0.3) is 10.9 Å². The first-order valence-corrected chi connectivity index (χ1v) is 9.47. The van der Waals surface area contributed by atoms with Crippen molar-refractivity contribution < 1.29 is 19.4 Å². The number of aromatic nitrogens is 1. The molecule has 0 radical (unpaired) electrons. The zero-order valence-corrected chi connectivity index (χ0v) is 16.4. The lowest BCUT2D eigenvalue weighted by Gasteiger charge is -2.21. The number of amides is 1. The minimum Gasteiger partial charge on any atom is -0.467 e. The number of H-pyrrole nitrogens is 1. The molecule has 0 bridgehead atoms. The van der Waals surface area contributed by atoms with Gasteiger partial charge in [-0.2, -0.15) is 0 Å². The molecule has 0 saturated heterocycles. The van der Waals surface area contributed by atoms with Gasteiger partial charge in [0.25, 0.3) is 0 Å². The van der Waals surface area contributed by atoms with Crippen molar-refractivity contribution in [3.8, 4) is 0 Å². The number of fused-ring (bicyclic) bond motifs is 1.